The first-order valence-electron chi connectivity index (χ1n) is 7.90. The Bertz CT molecular complexity index is 478. The quantitative estimate of drug-likeness (QED) is 0.547. The summed E-state index contributed by atoms with van der Waals surface area (Å²) in [5.41, 5.74) is 1.01. The molecule has 1 aromatic rings. The Kier molecular flexibility index (Phi) is 6.52. The minimum atomic E-state index is -0.108. The number of amides is 1. The summed E-state index contributed by atoms with van der Waals surface area (Å²) in [7, 11) is 1.64. The lowest BCUT2D eigenvalue weighted by molar-refractivity contribution is -0.125. The minimum Gasteiger partial charge on any atom is -0.493 e. The van der Waals surface area contributed by atoms with Gasteiger partial charge >= 0.3 is 0 Å². The first-order valence-corrected chi connectivity index (χ1v) is 7.90. The Hall–Kier alpha value is -1.75. The summed E-state index contributed by atoms with van der Waals surface area (Å²) in [6.45, 7) is 4.63. The number of carbonyl (C=O) groups is 1. The van der Waals surface area contributed by atoms with Gasteiger partial charge in [0.25, 0.3) is 0 Å². The van der Waals surface area contributed by atoms with Crippen LogP contribution >= 0.6 is 0 Å². The van der Waals surface area contributed by atoms with Crippen LogP contribution in [-0.4, -0.2) is 44.7 Å². The van der Waals surface area contributed by atoms with E-state index < -0.39 is 0 Å². The highest BCUT2D eigenvalue weighted by molar-refractivity contribution is 5.48. The molecule has 1 fully saturated rings. The molecule has 0 aromatic heterocycles. The van der Waals surface area contributed by atoms with Crippen molar-refractivity contribution in [3.8, 4) is 11.5 Å². The molecule has 0 bridgehead atoms. The van der Waals surface area contributed by atoms with Gasteiger partial charge in [-0.2, -0.15) is 0 Å². The Balaban J connectivity index is 2.06. The van der Waals surface area contributed by atoms with Crippen LogP contribution in [0, 0.1) is 0 Å². The van der Waals surface area contributed by atoms with Crippen molar-refractivity contribution >= 4 is 6.41 Å². The SMILES string of the molecule is CCCCCOc1cc(C2CN(C=O)CCO2)ccc1OC. The van der Waals surface area contributed by atoms with Crippen LogP contribution < -0.4 is 9.47 Å². The minimum absolute atomic E-state index is 0.108. The van der Waals surface area contributed by atoms with E-state index in [1.165, 1.54) is 0 Å². The normalized spacial score (nSPS) is 18.1. The van der Waals surface area contributed by atoms with Crippen LogP contribution in [0.4, 0.5) is 0 Å². The first-order chi connectivity index (χ1) is 10.8. The second-order valence-corrected chi connectivity index (χ2v) is 5.43. The van der Waals surface area contributed by atoms with Crippen molar-refractivity contribution in [2.45, 2.75) is 32.3 Å². The van der Waals surface area contributed by atoms with Gasteiger partial charge in [0.1, 0.15) is 6.10 Å². The van der Waals surface area contributed by atoms with Gasteiger partial charge in [-0.05, 0) is 24.1 Å². The molecule has 1 heterocycles. The molecule has 1 unspecified atom stereocenters. The van der Waals surface area contributed by atoms with Crippen LogP contribution in [-0.2, 0) is 9.53 Å². The number of morpholine rings is 1. The van der Waals surface area contributed by atoms with E-state index in [-0.39, 0.29) is 6.10 Å². The number of carbonyl (C=O) groups excluding carboxylic acids is 1. The summed E-state index contributed by atoms with van der Waals surface area (Å²) < 4.78 is 17.0. The van der Waals surface area contributed by atoms with E-state index in [2.05, 4.69) is 6.92 Å². The number of hydrogen-bond donors (Lipinski definition) is 0. The van der Waals surface area contributed by atoms with Gasteiger partial charge in [-0.3, -0.25) is 4.79 Å². The van der Waals surface area contributed by atoms with Gasteiger partial charge < -0.3 is 19.1 Å². The Morgan fingerprint density at radius 1 is 1.36 bits per heavy atom. The number of hydrogen-bond acceptors (Lipinski definition) is 4. The molecule has 1 aliphatic heterocycles. The van der Waals surface area contributed by atoms with Crippen LogP contribution in [0.25, 0.3) is 0 Å². The summed E-state index contributed by atoms with van der Waals surface area (Å²) >= 11 is 0. The third kappa shape index (κ3) is 4.37. The molecule has 0 saturated carbocycles. The molecule has 1 atom stereocenters. The van der Waals surface area contributed by atoms with Gasteiger partial charge in [0.15, 0.2) is 11.5 Å². The number of rotatable bonds is 8. The van der Waals surface area contributed by atoms with Crippen molar-refractivity contribution in [3.63, 3.8) is 0 Å². The van der Waals surface area contributed by atoms with E-state index in [4.69, 9.17) is 14.2 Å². The van der Waals surface area contributed by atoms with Crippen molar-refractivity contribution in [1.82, 2.24) is 4.90 Å². The third-order valence-corrected chi connectivity index (χ3v) is 3.81. The largest absolute Gasteiger partial charge is 0.493 e. The fraction of sp³-hybridized carbons (Fsp3) is 0.588. The summed E-state index contributed by atoms with van der Waals surface area (Å²) in [6.07, 6.45) is 4.12. The Morgan fingerprint density at radius 2 is 2.23 bits per heavy atom. The van der Waals surface area contributed by atoms with Gasteiger partial charge in [-0.15, -0.1) is 0 Å². The monoisotopic (exact) mass is 307 g/mol. The number of unbranched alkanes of at least 4 members (excludes halogenated alkanes) is 2. The second kappa shape index (κ2) is 8.63. The predicted octanol–water partition coefficient (Wildman–Crippen LogP) is 2.79. The Morgan fingerprint density at radius 3 is 2.95 bits per heavy atom. The maximum Gasteiger partial charge on any atom is 0.209 e. The number of benzene rings is 1. The molecule has 22 heavy (non-hydrogen) atoms. The highest BCUT2D eigenvalue weighted by atomic mass is 16.5. The standard InChI is InChI=1S/C17H25NO4/c1-3-4-5-9-21-16-11-14(6-7-15(16)20-2)17-12-18(13-19)8-10-22-17/h6-7,11,13,17H,3-5,8-10,12H2,1-2H3. The fourth-order valence-electron chi connectivity index (χ4n) is 2.51. The van der Waals surface area contributed by atoms with E-state index in [1.54, 1.807) is 12.0 Å². The molecular weight excluding hydrogens is 282 g/mol. The number of ether oxygens (including phenoxy) is 3. The molecule has 122 valence electrons. The van der Waals surface area contributed by atoms with E-state index in [1.807, 2.05) is 18.2 Å². The van der Waals surface area contributed by atoms with Gasteiger partial charge in [-0.25, -0.2) is 0 Å². The van der Waals surface area contributed by atoms with E-state index in [9.17, 15) is 4.79 Å². The van der Waals surface area contributed by atoms with Crippen molar-refractivity contribution in [1.29, 1.82) is 0 Å². The first kappa shape index (κ1) is 16.6. The van der Waals surface area contributed by atoms with Crippen LogP contribution in [0.15, 0.2) is 18.2 Å². The van der Waals surface area contributed by atoms with Crippen molar-refractivity contribution in [2.24, 2.45) is 0 Å². The molecule has 2 rings (SSSR count). The zero-order valence-corrected chi connectivity index (χ0v) is 13.4. The topological polar surface area (TPSA) is 48.0 Å². The number of methoxy groups -OCH3 is 1. The molecular formula is C17H25NO4. The smallest absolute Gasteiger partial charge is 0.209 e. The van der Waals surface area contributed by atoms with Gasteiger partial charge in [0.2, 0.25) is 6.41 Å². The molecule has 0 N–H and O–H groups in total. The molecule has 0 aliphatic carbocycles. The van der Waals surface area contributed by atoms with Crippen molar-refractivity contribution < 1.29 is 19.0 Å². The summed E-state index contributed by atoms with van der Waals surface area (Å²) in [5.74, 6) is 1.46. The van der Waals surface area contributed by atoms with Crippen molar-refractivity contribution in [3.05, 3.63) is 23.8 Å². The Labute approximate surface area is 132 Å². The molecule has 0 spiro atoms. The third-order valence-electron chi connectivity index (χ3n) is 3.81. The highest BCUT2D eigenvalue weighted by Gasteiger charge is 2.22. The molecule has 5 nitrogen and oxygen atoms in total. The molecule has 1 amide bonds. The highest BCUT2D eigenvalue weighted by Crippen LogP contribution is 2.32. The van der Waals surface area contributed by atoms with Gasteiger partial charge in [-0.1, -0.05) is 25.8 Å². The van der Waals surface area contributed by atoms with Crippen LogP contribution in [0.5, 0.6) is 11.5 Å². The molecule has 1 aliphatic rings. The molecule has 1 saturated heterocycles. The molecule has 0 radical (unpaired) electrons. The van der Waals surface area contributed by atoms with E-state index in [0.717, 1.165) is 42.7 Å². The van der Waals surface area contributed by atoms with Gasteiger partial charge in [0, 0.05) is 6.54 Å². The lowest BCUT2D eigenvalue weighted by Crippen LogP contribution is -2.37. The maximum absolute atomic E-state index is 10.9. The van der Waals surface area contributed by atoms with Crippen LogP contribution in [0.1, 0.15) is 37.9 Å². The average molecular weight is 307 g/mol. The predicted molar refractivity (Wildman–Crippen MR) is 84.3 cm³/mol. The lowest BCUT2D eigenvalue weighted by Gasteiger charge is -2.30. The second-order valence-electron chi connectivity index (χ2n) is 5.43. The van der Waals surface area contributed by atoms with Crippen LogP contribution in [0.2, 0.25) is 0 Å². The zero-order valence-electron chi connectivity index (χ0n) is 13.4. The zero-order chi connectivity index (χ0) is 15.8. The maximum atomic E-state index is 10.9. The van der Waals surface area contributed by atoms with E-state index in [0.29, 0.717) is 26.3 Å². The number of nitrogens with zero attached hydrogens (tertiary/aromatic N) is 1. The lowest BCUT2D eigenvalue weighted by atomic mass is 10.1. The van der Waals surface area contributed by atoms with Crippen molar-refractivity contribution in [2.75, 3.05) is 33.4 Å². The fourth-order valence-corrected chi connectivity index (χ4v) is 2.51. The molecule has 1 aromatic carbocycles. The van der Waals surface area contributed by atoms with E-state index >= 15 is 0 Å². The summed E-state index contributed by atoms with van der Waals surface area (Å²) in [5, 5.41) is 0. The molecule has 5 heteroatoms. The summed E-state index contributed by atoms with van der Waals surface area (Å²) in [6, 6.07) is 5.83. The van der Waals surface area contributed by atoms with Gasteiger partial charge in [0.05, 0.1) is 26.9 Å². The average Bonchev–Trinajstić information content (AvgIpc) is 2.58. The summed E-state index contributed by atoms with van der Waals surface area (Å²) in [4.78, 5) is 12.7. The van der Waals surface area contributed by atoms with Crippen LogP contribution in [0.3, 0.4) is 0 Å².